The van der Waals surface area contributed by atoms with Crippen molar-refractivity contribution in [2.45, 2.75) is 25.7 Å². The van der Waals surface area contributed by atoms with Gasteiger partial charge in [0.25, 0.3) is 0 Å². The highest BCUT2D eigenvalue weighted by molar-refractivity contribution is 5.80. The van der Waals surface area contributed by atoms with E-state index in [0.29, 0.717) is 19.4 Å². The minimum Gasteiger partial charge on any atom is -0.508 e. The summed E-state index contributed by atoms with van der Waals surface area (Å²) in [7, 11) is 0. The van der Waals surface area contributed by atoms with Crippen molar-refractivity contribution in [3.63, 3.8) is 0 Å². The van der Waals surface area contributed by atoms with Crippen LogP contribution in [-0.4, -0.2) is 17.4 Å². The summed E-state index contributed by atoms with van der Waals surface area (Å²) in [4.78, 5) is 11.5. The molecule has 3 N–H and O–H groups in total. The highest BCUT2D eigenvalue weighted by Crippen LogP contribution is 2.12. The Morgan fingerprint density at radius 1 is 1.33 bits per heavy atom. The zero-order valence-corrected chi connectivity index (χ0v) is 8.78. The summed E-state index contributed by atoms with van der Waals surface area (Å²) in [5, 5.41) is 9.21. The standard InChI is InChI=1S/C12H17NO2/c13-7-2-1-5-11(14)8-10-4-3-6-12(15)9-10/h3-4,6,9,15H,1-2,5,7-8,13H2. The fourth-order valence-corrected chi connectivity index (χ4v) is 1.45. The zero-order valence-electron chi connectivity index (χ0n) is 8.78. The van der Waals surface area contributed by atoms with Gasteiger partial charge in [0.15, 0.2) is 0 Å². The summed E-state index contributed by atoms with van der Waals surface area (Å²) < 4.78 is 0. The average Bonchev–Trinajstić information content (AvgIpc) is 2.18. The third kappa shape index (κ3) is 4.61. The zero-order chi connectivity index (χ0) is 11.1. The molecular weight excluding hydrogens is 190 g/mol. The molecule has 1 aromatic carbocycles. The molecule has 0 aromatic heterocycles. The number of hydrogen-bond acceptors (Lipinski definition) is 3. The molecule has 0 fully saturated rings. The fourth-order valence-electron chi connectivity index (χ4n) is 1.45. The van der Waals surface area contributed by atoms with E-state index in [4.69, 9.17) is 5.73 Å². The Kier molecular flexibility index (Phi) is 4.84. The van der Waals surface area contributed by atoms with Gasteiger partial charge < -0.3 is 10.8 Å². The van der Waals surface area contributed by atoms with Gasteiger partial charge in [0.1, 0.15) is 11.5 Å². The highest BCUT2D eigenvalue weighted by Gasteiger charge is 2.03. The van der Waals surface area contributed by atoms with Gasteiger partial charge in [-0.05, 0) is 37.1 Å². The van der Waals surface area contributed by atoms with E-state index >= 15 is 0 Å². The highest BCUT2D eigenvalue weighted by atomic mass is 16.3. The predicted molar refractivity (Wildman–Crippen MR) is 59.7 cm³/mol. The number of aromatic hydroxyl groups is 1. The summed E-state index contributed by atoms with van der Waals surface area (Å²) in [6, 6.07) is 6.82. The quantitative estimate of drug-likeness (QED) is 0.697. The molecule has 0 atom stereocenters. The van der Waals surface area contributed by atoms with E-state index in [-0.39, 0.29) is 11.5 Å². The minimum absolute atomic E-state index is 0.203. The van der Waals surface area contributed by atoms with E-state index in [9.17, 15) is 9.90 Å². The number of benzene rings is 1. The summed E-state index contributed by atoms with van der Waals surface area (Å²) in [6.07, 6.45) is 2.73. The number of rotatable bonds is 6. The lowest BCUT2D eigenvalue weighted by atomic mass is 10.0. The van der Waals surface area contributed by atoms with Crippen molar-refractivity contribution >= 4 is 5.78 Å². The van der Waals surface area contributed by atoms with E-state index < -0.39 is 0 Å². The van der Waals surface area contributed by atoms with Gasteiger partial charge in [-0.2, -0.15) is 0 Å². The molecule has 0 amide bonds. The van der Waals surface area contributed by atoms with Gasteiger partial charge >= 0.3 is 0 Å². The molecule has 0 saturated carbocycles. The maximum atomic E-state index is 11.5. The Bertz CT molecular complexity index is 323. The van der Waals surface area contributed by atoms with Crippen LogP contribution in [0.1, 0.15) is 24.8 Å². The van der Waals surface area contributed by atoms with Crippen LogP contribution in [0.25, 0.3) is 0 Å². The van der Waals surface area contributed by atoms with Crippen molar-refractivity contribution in [2.24, 2.45) is 5.73 Å². The molecule has 1 rings (SSSR count). The second kappa shape index (κ2) is 6.19. The minimum atomic E-state index is 0.203. The molecule has 1 aromatic rings. The first-order valence-corrected chi connectivity index (χ1v) is 5.22. The van der Waals surface area contributed by atoms with Crippen LogP contribution < -0.4 is 5.73 Å². The number of phenols is 1. The molecule has 0 aliphatic carbocycles. The van der Waals surface area contributed by atoms with E-state index in [1.54, 1.807) is 18.2 Å². The number of carbonyl (C=O) groups is 1. The topological polar surface area (TPSA) is 63.3 Å². The van der Waals surface area contributed by atoms with Crippen molar-refractivity contribution in [2.75, 3.05) is 6.54 Å². The molecule has 3 nitrogen and oxygen atoms in total. The Balaban J connectivity index is 2.37. The Morgan fingerprint density at radius 2 is 2.13 bits per heavy atom. The summed E-state index contributed by atoms with van der Waals surface area (Å²) >= 11 is 0. The first-order chi connectivity index (χ1) is 7.22. The van der Waals surface area contributed by atoms with Crippen molar-refractivity contribution < 1.29 is 9.90 Å². The first-order valence-electron chi connectivity index (χ1n) is 5.22. The van der Waals surface area contributed by atoms with Crippen molar-refractivity contribution in [1.82, 2.24) is 0 Å². The molecule has 0 unspecified atom stereocenters. The lowest BCUT2D eigenvalue weighted by Gasteiger charge is -2.01. The van der Waals surface area contributed by atoms with Crippen molar-refractivity contribution in [3.8, 4) is 5.75 Å². The Morgan fingerprint density at radius 3 is 2.80 bits per heavy atom. The number of ketones is 1. The maximum Gasteiger partial charge on any atom is 0.137 e. The van der Waals surface area contributed by atoms with Crippen LogP contribution >= 0.6 is 0 Å². The molecule has 0 aliphatic heterocycles. The Hall–Kier alpha value is -1.35. The number of nitrogens with two attached hydrogens (primary N) is 1. The molecule has 15 heavy (non-hydrogen) atoms. The molecule has 0 radical (unpaired) electrons. The van der Waals surface area contributed by atoms with Crippen molar-refractivity contribution in [1.29, 1.82) is 0 Å². The van der Waals surface area contributed by atoms with Gasteiger partial charge in [0, 0.05) is 12.8 Å². The molecule has 0 heterocycles. The van der Waals surface area contributed by atoms with Crippen LogP contribution in [0.2, 0.25) is 0 Å². The average molecular weight is 207 g/mol. The number of Topliss-reactive ketones (excluding diaryl/α,β-unsaturated/α-hetero) is 1. The molecular formula is C12H17NO2. The summed E-state index contributed by atoms with van der Waals surface area (Å²) in [6.45, 7) is 0.638. The second-order valence-corrected chi connectivity index (χ2v) is 3.63. The molecule has 0 saturated heterocycles. The second-order valence-electron chi connectivity index (χ2n) is 3.63. The summed E-state index contributed by atoms with van der Waals surface area (Å²) in [5.41, 5.74) is 6.21. The molecule has 0 aliphatic rings. The monoisotopic (exact) mass is 207 g/mol. The SMILES string of the molecule is NCCCCC(=O)Cc1cccc(O)c1. The van der Waals surface area contributed by atoms with Gasteiger partial charge in [-0.3, -0.25) is 4.79 Å². The molecule has 82 valence electrons. The molecule has 3 heteroatoms. The number of hydrogen-bond donors (Lipinski definition) is 2. The third-order valence-electron chi connectivity index (χ3n) is 2.22. The number of unbranched alkanes of at least 4 members (excludes halogenated alkanes) is 1. The fraction of sp³-hybridized carbons (Fsp3) is 0.417. The van der Waals surface area contributed by atoms with E-state index in [0.717, 1.165) is 18.4 Å². The van der Waals surface area contributed by atoms with Crippen LogP contribution in [0.15, 0.2) is 24.3 Å². The lowest BCUT2D eigenvalue weighted by Crippen LogP contribution is -2.04. The van der Waals surface area contributed by atoms with E-state index in [2.05, 4.69) is 0 Å². The van der Waals surface area contributed by atoms with Gasteiger partial charge in [-0.15, -0.1) is 0 Å². The normalized spacial score (nSPS) is 10.2. The first kappa shape index (κ1) is 11.7. The molecule has 0 spiro atoms. The van der Waals surface area contributed by atoms with Gasteiger partial charge in [-0.25, -0.2) is 0 Å². The summed E-state index contributed by atoms with van der Waals surface area (Å²) in [5.74, 6) is 0.413. The number of carbonyl (C=O) groups excluding carboxylic acids is 1. The van der Waals surface area contributed by atoms with Gasteiger partial charge in [0.2, 0.25) is 0 Å². The van der Waals surface area contributed by atoms with Gasteiger partial charge in [0.05, 0.1) is 0 Å². The van der Waals surface area contributed by atoms with Crippen LogP contribution in [-0.2, 0) is 11.2 Å². The smallest absolute Gasteiger partial charge is 0.137 e. The lowest BCUT2D eigenvalue weighted by molar-refractivity contribution is -0.118. The predicted octanol–water partition coefficient (Wildman–Crippen LogP) is 1.63. The number of phenolic OH excluding ortho intramolecular Hbond substituents is 1. The van der Waals surface area contributed by atoms with E-state index in [1.807, 2.05) is 6.07 Å². The van der Waals surface area contributed by atoms with Gasteiger partial charge in [-0.1, -0.05) is 12.1 Å². The Labute approximate surface area is 89.9 Å². The van der Waals surface area contributed by atoms with Crippen molar-refractivity contribution in [3.05, 3.63) is 29.8 Å². The third-order valence-corrected chi connectivity index (χ3v) is 2.22. The maximum absolute atomic E-state index is 11.5. The van der Waals surface area contributed by atoms with Crippen LogP contribution in [0, 0.1) is 0 Å². The largest absolute Gasteiger partial charge is 0.508 e. The van der Waals surface area contributed by atoms with Crippen LogP contribution in [0.4, 0.5) is 0 Å². The van der Waals surface area contributed by atoms with Crippen LogP contribution in [0.3, 0.4) is 0 Å². The van der Waals surface area contributed by atoms with Crippen LogP contribution in [0.5, 0.6) is 5.75 Å². The molecule has 0 bridgehead atoms. The van der Waals surface area contributed by atoms with E-state index in [1.165, 1.54) is 0 Å².